The number of hydrogen-bond donors (Lipinski definition) is 2. The third-order valence-electron chi connectivity index (χ3n) is 3.78. The van der Waals surface area contributed by atoms with Crippen LogP contribution < -0.4 is 21.6 Å². The number of nitrogen functional groups attached to an aromatic ring is 1. The van der Waals surface area contributed by atoms with Crippen LogP contribution in [0, 0.1) is 0 Å². The van der Waals surface area contributed by atoms with Crippen LogP contribution in [0.5, 0.6) is 0 Å². The molecular weight excluding hydrogens is 330 g/mol. The lowest BCUT2D eigenvalue weighted by molar-refractivity contribution is 0.574. The molecule has 0 atom stereocenters. The fraction of sp³-hybridized carbons (Fsp3) is 0.333. The van der Waals surface area contributed by atoms with Gasteiger partial charge < -0.3 is 16.0 Å². The van der Waals surface area contributed by atoms with Crippen molar-refractivity contribution in [1.29, 1.82) is 0 Å². The molecule has 1 aliphatic heterocycles. The third-order valence-corrected chi connectivity index (χ3v) is 4.04. The Hall–Kier alpha value is -2.45. The van der Waals surface area contributed by atoms with Crippen molar-refractivity contribution in [1.82, 2.24) is 14.9 Å². The van der Waals surface area contributed by atoms with Gasteiger partial charge in [-0.1, -0.05) is 11.6 Å². The molecule has 1 aromatic heterocycles. The molecule has 0 aliphatic carbocycles. The fourth-order valence-corrected chi connectivity index (χ4v) is 2.67. The van der Waals surface area contributed by atoms with Crippen LogP contribution in [-0.4, -0.2) is 35.7 Å². The van der Waals surface area contributed by atoms with E-state index in [0.717, 1.165) is 26.2 Å². The second-order valence-electron chi connectivity index (χ2n) is 5.42. The van der Waals surface area contributed by atoms with Gasteiger partial charge in [0.1, 0.15) is 5.82 Å². The molecule has 1 aliphatic rings. The van der Waals surface area contributed by atoms with Gasteiger partial charge in [0.05, 0.1) is 5.69 Å². The second-order valence-corrected chi connectivity index (χ2v) is 5.86. The highest BCUT2D eigenvalue weighted by Gasteiger charge is 2.21. The number of nitrogens with one attached hydrogen (secondary N) is 1. The molecule has 9 heteroatoms. The maximum absolute atomic E-state index is 12.0. The molecule has 2 heterocycles. The summed E-state index contributed by atoms with van der Waals surface area (Å²) in [7, 11) is 1.66. The van der Waals surface area contributed by atoms with Gasteiger partial charge in [-0.3, -0.25) is 4.57 Å². The summed E-state index contributed by atoms with van der Waals surface area (Å²) >= 11 is 5.87. The van der Waals surface area contributed by atoms with Crippen LogP contribution in [0.25, 0.3) is 0 Å². The maximum atomic E-state index is 12.0. The molecule has 1 saturated heterocycles. The Balaban J connectivity index is 2.03. The number of nitrogens with two attached hydrogens (primary N) is 1. The molecule has 24 heavy (non-hydrogen) atoms. The van der Waals surface area contributed by atoms with E-state index in [-0.39, 0.29) is 5.82 Å². The summed E-state index contributed by atoms with van der Waals surface area (Å²) in [5, 5.41) is 12.3. The molecule has 0 unspecified atom stereocenters. The summed E-state index contributed by atoms with van der Waals surface area (Å²) in [5.41, 5.74) is 6.57. The van der Waals surface area contributed by atoms with Crippen molar-refractivity contribution in [3.8, 4) is 0 Å². The van der Waals surface area contributed by atoms with Gasteiger partial charge in [-0.2, -0.15) is 10.1 Å². The van der Waals surface area contributed by atoms with Gasteiger partial charge in [0.2, 0.25) is 0 Å². The summed E-state index contributed by atoms with van der Waals surface area (Å²) in [4.78, 5) is 17.9. The minimum Gasteiger partial charge on any atom is -0.382 e. The quantitative estimate of drug-likeness (QED) is 0.825. The van der Waals surface area contributed by atoms with E-state index in [4.69, 9.17) is 17.3 Å². The molecule has 3 rings (SSSR count). The number of nitrogens with zero attached hydrogens (tertiary/aromatic N) is 5. The van der Waals surface area contributed by atoms with E-state index in [0.29, 0.717) is 22.2 Å². The number of piperazine rings is 1. The van der Waals surface area contributed by atoms with Crippen LogP contribution in [0.15, 0.2) is 39.3 Å². The van der Waals surface area contributed by atoms with Gasteiger partial charge in [-0.05, 0) is 24.3 Å². The first kappa shape index (κ1) is 16.4. The van der Waals surface area contributed by atoms with E-state index >= 15 is 0 Å². The minimum absolute atomic E-state index is 0.0735. The number of anilines is 2. The van der Waals surface area contributed by atoms with E-state index in [1.807, 2.05) is 0 Å². The van der Waals surface area contributed by atoms with E-state index in [9.17, 15) is 4.79 Å². The number of hydrogen-bond acceptors (Lipinski definition) is 7. The Labute approximate surface area is 144 Å². The van der Waals surface area contributed by atoms with Crippen LogP contribution in [0.2, 0.25) is 5.02 Å². The molecule has 126 valence electrons. The largest absolute Gasteiger partial charge is 0.382 e. The minimum atomic E-state index is -0.411. The average Bonchev–Trinajstić information content (AvgIpc) is 2.59. The third kappa shape index (κ3) is 3.39. The molecule has 8 nitrogen and oxygen atoms in total. The predicted molar refractivity (Wildman–Crippen MR) is 94.6 cm³/mol. The average molecular weight is 348 g/mol. The Morgan fingerprint density at radius 1 is 1.21 bits per heavy atom. The SMILES string of the molecule is Cn1c(N2CCNCC2)c(N=Nc2ccc(Cl)cc2)c(N)nc1=O. The Kier molecular flexibility index (Phi) is 4.77. The zero-order valence-electron chi connectivity index (χ0n) is 13.2. The zero-order chi connectivity index (χ0) is 17.1. The monoisotopic (exact) mass is 347 g/mol. The molecular formula is C15H18ClN7O. The van der Waals surface area contributed by atoms with Crippen LogP contribution in [0.4, 0.5) is 23.0 Å². The van der Waals surface area contributed by atoms with Crippen molar-refractivity contribution in [3.05, 3.63) is 39.8 Å². The summed E-state index contributed by atoms with van der Waals surface area (Å²) in [6.45, 7) is 3.15. The van der Waals surface area contributed by atoms with Crippen LogP contribution in [0.3, 0.4) is 0 Å². The van der Waals surface area contributed by atoms with Crippen LogP contribution in [-0.2, 0) is 7.05 Å². The van der Waals surface area contributed by atoms with Crippen molar-refractivity contribution in [3.63, 3.8) is 0 Å². The zero-order valence-corrected chi connectivity index (χ0v) is 14.0. The highest BCUT2D eigenvalue weighted by atomic mass is 35.5. The summed E-state index contributed by atoms with van der Waals surface area (Å²) in [6.07, 6.45) is 0. The van der Waals surface area contributed by atoms with Gasteiger partial charge in [0.15, 0.2) is 11.5 Å². The maximum Gasteiger partial charge on any atom is 0.350 e. The molecule has 0 bridgehead atoms. The fourth-order valence-electron chi connectivity index (χ4n) is 2.54. The van der Waals surface area contributed by atoms with Gasteiger partial charge in [-0.25, -0.2) is 4.79 Å². The molecule has 1 fully saturated rings. The molecule has 2 aromatic rings. The first-order valence-electron chi connectivity index (χ1n) is 7.56. The van der Waals surface area contributed by atoms with Crippen molar-refractivity contribution >= 4 is 34.6 Å². The number of azo groups is 1. The number of benzene rings is 1. The number of rotatable bonds is 3. The van der Waals surface area contributed by atoms with Crippen molar-refractivity contribution in [2.45, 2.75) is 0 Å². The molecule has 0 radical (unpaired) electrons. The standard InChI is InChI=1S/C15H18ClN7O/c1-22-14(23-8-6-18-7-9-23)12(13(17)19-15(22)24)21-20-11-4-2-10(16)3-5-11/h2-5,18H,6-9H2,1H3,(H2,17,19,24). The normalized spacial score (nSPS) is 15.2. The van der Waals surface area contributed by atoms with Crippen molar-refractivity contribution < 1.29 is 0 Å². The summed E-state index contributed by atoms with van der Waals surface area (Å²) < 4.78 is 1.46. The molecule has 1 aromatic carbocycles. The predicted octanol–water partition coefficient (Wildman–Crippen LogP) is 1.84. The molecule has 3 N–H and O–H groups in total. The number of aromatic nitrogens is 2. The Morgan fingerprint density at radius 2 is 1.88 bits per heavy atom. The summed E-state index contributed by atoms with van der Waals surface area (Å²) in [5.74, 6) is 0.705. The van der Waals surface area contributed by atoms with Crippen molar-refractivity contribution in [2.75, 3.05) is 36.8 Å². The summed E-state index contributed by atoms with van der Waals surface area (Å²) in [6, 6.07) is 6.97. The van der Waals surface area contributed by atoms with E-state index in [1.54, 1.807) is 31.3 Å². The highest BCUT2D eigenvalue weighted by Crippen LogP contribution is 2.33. The molecule has 0 saturated carbocycles. The van der Waals surface area contributed by atoms with Gasteiger partial charge >= 0.3 is 5.69 Å². The topological polar surface area (TPSA) is 101 Å². The van der Waals surface area contributed by atoms with Crippen LogP contribution >= 0.6 is 11.6 Å². The van der Waals surface area contributed by atoms with E-state index in [1.165, 1.54) is 4.57 Å². The molecule has 0 spiro atoms. The Morgan fingerprint density at radius 3 is 2.54 bits per heavy atom. The lowest BCUT2D eigenvalue weighted by Gasteiger charge is -2.31. The first-order chi connectivity index (χ1) is 11.6. The highest BCUT2D eigenvalue weighted by molar-refractivity contribution is 6.30. The van der Waals surface area contributed by atoms with Crippen molar-refractivity contribution in [2.24, 2.45) is 17.3 Å². The van der Waals surface area contributed by atoms with Crippen LogP contribution in [0.1, 0.15) is 0 Å². The lowest BCUT2D eigenvalue weighted by Crippen LogP contribution is -2.45. The number of halogens is 1. The Bertz CT molecular complexity index is 810. The van der Waals surface area contributed by atoms with E-state index < -0.39 is 5.69 Å². The van der Waals surface area contributed by atoms with E-state index in [2.05, 4.69) is 25.4 Å². The first-order valence-corrected chi connectivity index (χ1v) is 7.93. The molecule has 0 amide bonds. The second kappa shape index (κ2) is 6.98. The van der Waals surface area contributed by atoms with Gasteiger partial charge in [-0.15, -0.1) is 5.11 Å². The van der Waals surface area contributed by atoms with Gasteiger partial charge in [0, 0.05) is 38.2 Å². The van der Waals surface area contributed by atoms with Gasteiger partial charge in [0.25, 0.3) is 0 Å². The lowest BCUT2D eigenvalue weighted by atomic mass is 10.3. The smallest absolute Gasteiger partial charge is 0.350 e.